The first-order valence-corrected chi connectivity index (χ1v) is 15.4. The molecule has 46 heavy (non-hydrogen) atoms. The number of benzene rings is 5. The Kier molecular flexibility index (Phi) is 5.14. The molecule has 1 atom stereocenters. The van der Waals surface area contributed by atoms with Gasteiger partial charge < -0.3 is 14.0 Å². The minimum absolute atomic E-state index is 0.664. The van der Waals surface area contributed by atoms with Gasteiger partial charge in [0.1, 0.15) is 23.0 Å². The Labute approximate surface area is 265 Å². The van der Waals surface area contributed by atoms with Gasteiger partial charge in [-0.05, 0) is 48.0 Å². The SMILES string of the molecule is c1cncc(-c2ccc3c(c2)Oc2ccccc2C32c3ccccc3Oc3cc(-n4c5ccccc5c5ccncc54)ccc32)c1. The summed E-state index contributed by atoms with van der Waals surface area (Å²) in [6.07, 6.45) is 7.48. The lowest BCUT2D eigenvalue weighted by atomic mass is 9.62. The molecule has 0 N–H and O–H groups in total. The van der Waals surface area contributed by atoms with Crippen LogP contribution in [0, 0.1) is 0 Å². The fraction of sp³-hybridized carbons (Fsp3) is 0.0244. The van der Waals surface area contributed by atoms with Crippen LogP contribution in [0.4, 0.5) is 0 Å². The Bertz CT molecular complexity index is 2430. The predicted octanol–water partition coefficient (Wildman–Crippen LogP) is 9.83. The molecule has 0 fully saturated rings. The number of ether oxygens (including phenoxy) is 2. The number of fused-ring (bicyclic) bond motifs is 11. The molecule has 0 radical (unpaired) electrons. The maximum atomic E-state index is 6.81. The lowest BCUT2D eigenvalue weighted by Gasteiger charge is -2.45. The van der Waals surface area contributed by atoms with Gasteiger partial charge in [-0.25, -0.2) is 0 Å². The topological polar surface area (TPSA) is 49.2 Å². The fourth-order valence-corrected chi connectivity index (χ4v) is 7.61. The molecule has 5 heteroatoms. The van der Waals surface area contributed by atoms with Crippen LogP contribution in [-0.2, 0) is 5.41 Å². The highest BCUT2D eigenvalue weighted by molar-refractivity contribution is 6.08. The smallest absolute Gasteiger partial charge is 0.134 e. The zero-order valence-corrected chi connectivity index (χ0v) is 24.6. The molecule has 1 spiro atoms. The molecular weight excluding hydrogens is 566 g/mol. The van der Waals surface area contributed by atoms with E-state index in [1.54, 1.807) is 6.20 Å². The first-order valence-electron chi connectivity index (χ1n) is 15.4. The lowest BCUT2D eigenvalue weighted by Crippen LogP contribution is -2.36. The molecule has 216 valence electrons. The zero-order valence-electron chi connectivity index (χ0n) is 24.6. The van der Waals surface area contributed by atoms with Gasteiger partial charge in [0.25, 0.3) is 0 Å². The van der Waals surface area contributed by atoms with E-state index in [9.17, 15) is 0 Å². The molecule has 1 unspecified atom stereocenters. The second-order valence-electron chi connectivity index (χ2n) is 11.8. The van der Waals surface area contributed by atoms with Crippen LogP contribution in [0.5, 0.6) is 23.0 Å². The second kappa shape index (κ2) is 9.40. The van der Waals surface area contributed by atoms with Crippen molar-refractivity contribution >= 4 is 21.8 Å². The standard InChI is InChI=1S/C41H25N3O2/c1-4-12-35-29(9-1)30-19-21-43-25-36(30)44(35)28-16-18-34-40(23-28)46-38-14-6-3-11-32(38)41(34)31-10-2-5-13-37(31)45-39-22-26(15-17-33(39)41)27-8-7-20-42-24-27/h1-25H. The van der Waals surface area contributed by atoms with E-state index in [2.05, 4.69) is 124 Å². The second-order valence-corrected chi connectivity index (χ2v) is 11.8. The van der Waals surface area contributed by atoms with Gasteiger partial charge in [-0.15, -0.1) is 0 Å². The van der Waals surface area contributed by atoms with E-state index in [0.717, 1.165) is 73.1 Å². The summed E-state index contributed by atoms with van der Waals surface area (Å²) < 4.78 is 15.8. The highest BCUT2D eigenvalue weighted by Crippen LogP contribution is 2.61. The van der Waals surface area contributed by atoms with Crippen LogP contribution in [0.25, 0.3) is 38.6 Å². The van der Waals surface area contributed by atoms with Gasteiger partial charge in [0, 0.05) is 68.9 Å². The Morgan fingerprint density at radius 1 is 0.457 bits per heavy atom. The summed E-state index contributed by atoms with van der Waals surface area (Å²) in [6.45, 7) is 0. The third-order valence-electron chi connectivity index (χ3n) is 9.51. The molecule has 3 aromatic heterocycles. The van der Waals surface area contributed by atoms with Gasteiger partial charge in [0.2, 0.25) is 0 Å². The molecule has 2 aliphatic rings. The average molecular weight is 592 g/mol. The van der Waals surface area contributed by atoms with E-state index < -0.39 is 5.41 Å². The van der Waals surface area contributed by atoms with Crippen molar-refractivity contribution in [1.29, 1.82) is 0 Å². The Balaban J connectivity index is 1.27. The highest BCUT2D eigenvalue weighted by atomic mass is 16.5. The van der Waals surface area contributed by atoms with E-state index in [0.29, 0.717) is 0 Å². The molecule has 5 nitrogen and oxygen atoms in total. The summed E-state index contributed by atoms with van der Waals surface area (Å²) >= 11 is 0. The molecule has 0 saturated heterocycles. The lowest BCUT2D eigenvalue weighted by molar-refractivity contribution is 0.399. The average Bonchev–Trinajstić information content (AvgIpc) is 3.46. The van der Waals surface area contributed by atoms with Crippen molar-refractivity contribution < 1.29 is 9.47 Å². The number of pyridine rings is 2. The van der Waals surface area contributed by atoms with Gasteiger partial charge in [-0.2, -0.15) is 0 Å². The van der Waals surface area contributed by atoms with Crippen LogP contribution in [0.3, 0.4) is 0 Å². The van der Waals surface area contributed by atoms with Crippen molar-refractivity contribution in [2.75, 3.05) is 0 Å². The normalized spacial score (nSPS) is 15.8. The van der Waals surface area contributed by atoms with Crippen molar-refractivity contribution in [3.8, 4) is 39.8 Å². The molecule has 2 aliphatic heterocycles. The van der Waals surface area contributed by atoms with Crippen LogP contribution in [0.1, 0.15) is 22.3 Å². The van der Waals surface area contributed by atoms with Crippen molar-refractivity contribution in [3.05, 3.63) is 174 Å². The van der Waals surface area contributed by atoms with Crippen LogP contribution in [0.15, 0.2) is 152 Å². The van der Waals surface area contributed by atoms with Crippen LogP contribution in [0.2, 0.25) is 0 Å². The van der Waals surface area contributed by atoms with E-state index >= 15 is 0 Å². The molecule has 10 rings (SSSR count). The van der Waals surface area contributed by atoms with Gasteiger partial charge in [0.05, 0.1) is 22.6 Å². The molecule has 5 aromatic carbocycles. The first-order chi connectivity index (χ1) is 22.8. The summed E-state index contributed by atoms with van der Waals surface area (Å²) in [6, 6.07) is 44.5. The Morgan fingerprint density at radius 2 is 1.11 bits per heavy atom. The number of hydrogen-bond acceptors (Lipinski definition) is 4. The van der Waals surface area contributed by atoms with Crippen molar-refractivity contribution in [2.45, 2.75) is 5.41 Å². The summed E-state index contributed by atoms with van der Waals surface area (Å²) in [5.41, 5.74) is 8.94. The minimum atomic E-state index is -0.664. The predicted molar refractivity (Wildman–Crippen MR) is 180 cm³/mol. The number of aromatic nitrogens is 3. The highest BCUT2D eigenvalue weighted by Gasteiger charge is 2.50. The number of rotatable bonds is 2. The fourth-order valence-electron chi connectivity index (χ4n) is 7.61. The zero-order chi connectivity index (χ0) is 30.2. The monoisotopic (exact) mass is 591 g/mol. The van der Waals surface area contributed by atoms with Gasteiger partial charge in [-0.3, -0.25) is 9.97 Å². The number of nitrogens with zero attached hydrogens (tertiary/aromatic N) is 3. The molecular formula is C41H25N3O2. The van der Waals surface area contributed by atoms with E-state index in [1.807, 2.05) is 36.8 Å². The minimum Gasteiger partial charge on any atom is -0.457 e. The summed E-state index contributed by atoms with van der Waals surface area (Å²) in [7, 11) is 0. The maximum absolute atomic E-state index is 6.81. The van der Waals surface area contributed by atoms with Crippen molar-refractivity contribution in [2.24, 2.45) is 0 Å². The molecule has 0 aliphatic carbocycles. The third-order valence-corrected chi connectivity index (χ3v) is 9.51. The third kappa shape index (κ3) is 3.34. The largest absolute Gasteiger partial charge is 0.457 e. The maximum Gasteiger partial charge on any atom is 0.134 e. The van der Waals surface area contributed by atoms with Gasteiger partial charge in [-0.1, -0.05) is 78.9 Å². The number of hydrogen-bond donors (Lipinski definition) is 0. The van der Waals surface area contributed by atoms with Crippen LogP contribution < -0.4 is 9.47 Å². The molecule has 0 amide bonds. The van der Waals surface area contributed by atoms with E-state index in [-0.39, 0.29) is 0 Å². The van der Waals surface area contributed by atoms with E-state index in [1.165, 1.54) is 10.8 Å². The summed E-state index contributed by atoms with van der Waals surface area (Å²) in [5.74, 6) is 3.29. The van der Waals surface area contributed by atoms with Gasteiger partial charge >= 0.3 is 0 Å². The summed E-state index contributed by atoms with van der Waals surface area (Å²) in [4.78, 5) is 8.84. The van der Waals surface area contributed by atoms with Crippen LogP contribution in [-0.4, -0.2) is 14.5 Å². The first kappa shape index (κ1) is 25.2. The molecule has 0 saturated carbocycles. The van der Waals surface area contributed by atoms with Crippen molar-refractivity contribution in [1.82, 2.24) is 14.5 Å². The van der Waals surface area contributed by atoms with E-state index in [4.69, 9.17) is 9.47 Å². The Hall–Kier alpha value is -6.20. The Morgan fingerprint density at radius 3 is 1.89 bits per heavy atom. The molecule has 8 aromatic rings. The summed E-state index contributed by atoms with van der Waals surface area (Å²) in [5, 5.41) is 2.36. The van der Waals surface area contributed by atoms with Crippen LogP contribution >= 0.6 is 0 Å². The van der Waals surface area contributed by atoms with Gasteiger partial charge in [0.15, 0.2) is 0 Å². The quantitative estimate of drug-likeness (QED) is 0.201. The number of para-hydroxylation sites is 3. The molecule has 0 bridgehead atoms. The van der Waals surface area contributed by atoms with Crippen molar-refractivity contribution in [3.63, 3.8) is 0 Å². The molecule has 5 heterocycles.